The summed E-state index contributed by atoms with van der Waals surface area (Å²) in [6, 6.07) is 11.9. The van der Waals surface area contributed by atoms with Gasteiger partial charge in [0.15, 0.2) is 0 Å². The minimum absolute atomic E-state index is 0. The molecule has 20 heavy (non-hydrogen) atoms. The zero-order chi connectivity index (χ0) is 13.8. The van der Waals surface area contributed by atoms with E-state index in [9.17, 15) is 10.1 Å². The van der Waals surface area contributed by atoms with E-state index in [1.807, 2.05) is 30.3 Å². The third-order valence-electron chi connectivity index (χ3n) is 2.40. The second kappa shape index (κ2) is 7.79. The van der Waals surface area contributed by atoms with Crippen molar-refractivity contribution in [1.82, 2.24) is 0 Å². The van der Waals surface area contributed by atoms with Crippen LogP contribution in [-0.2, 0) is 0 Å². The van der Waals surface area contributed by atoms with Crippen LogP contribution in [0.2, 0.25) is 0 Å². The fourth-order valence-electron chi connectivity index (χ4n) is 1.47. The smallest absolute Gasteiger partial charge is 0.285 e. The fourth-order valence-corrected chi connectivity index (χ4v) is 1.81. The minimum Gasteiger partial charge on any atom is -0.698 e. The Morgan fingerprint density at radius 2 is 1.80 bits per heavy atom. The van der Waals surface area contributed by atoms with Crippen LogP contribution < -0.4 is 0 Å². The molecule has 6 heteroatoms. The summed E-state index contributed by atoms with van der Waals surface area (Å²) in [6.45, 7) is 0. The van der Waals surface area contributed by atoms with E-state index in [-0.39, 0.29) is 61.0 Å². The number of nitrogens with zero attached hydrogens (tertiary/aromatic N) is 1. The van der Waals surface area contributed by atoms with E-state index in [0.717, 1.165) is 5.56 Å². The van der Waals surface area contributed by atoms with Crippen molar-refractivity contribution in [2.45, 2.75) is 0 Å². The van der Waals surface area contributed by atoms with Gasteiger partial charge in [0.1, 0.15) is 5.56 Å². The van der Waals surface area contributed by atoms with Crippen LogP contribution in [0.4, 0.5) is 11.4 Å². The van der Waals surface area contributed by atoms with Gasteiger partial charge < -0.3 is 5.73 Å². The van der Waals surface area contributed by atoms with Gasteiger partial charge >= 0.3 is 0 Å². The zero-order valence-corrected chi connectivity index (χ0v) is 16.6. The van der Waals surface area contributed by atoms with Crippen molar-refractivity contribution >= 4 is 27.3 Å². The molecule has 0 amide bonds. The van der Waals surface area contributed by atoms with Crippen molar-refractivity contribution in [2.24, 2.45) is 0 Å². The molecular formula is C14H8AcBrN2O2-. The SMILES string of the molecule is [Ac].[NH-]c1cc(C#Cc2ccccc2)c([N+](=O)[O-])cc1Br. The van der Waals surface area contributed by atoms with Crippen molar-refractivity contribution < 1.29 is 49.0 Å². The van der Waals surface area contributed by atoms with Crippen LogP contribution in [0.1, 0.15) is 11.1 Å². The van der Waals surface area contributed by atoms with Gasteiger partial charge in [-0.1, -0.05) is 52.0 Å². The Balaban J connectivity index is 0.00000200. The molecule has 0 aliphatic heterocycles. The maximum atomic E-state index is 11.0. The van der Waals surface area contributed by atoms with E-state index in [1.165, 1.54) is 12.1 Å². The summed E-state index contributed by atoms with van der Waals surface area (Å²) in [7, 11) is 0. The second-order valence-electron chi connectivity index (χ2n) is 3.72. The second-order valence-corrected chi connectivity index (χ2v) is 4.58. The fraction of sp³-hybridized carbons (Fsp3) is 0. The van der Waals surface area contributed by atoms with Crippen molar-refractivity contribution in [3.8, 4) is 11.8 Å². The van der Waals surface area contributed by atoms with Crippen LogP contribution in [-0.4, -0.2) is 4.92 Å². The number of nitro groups is 1. The molecule has 0 unspecified atom stereocenters. The molecule has 4 nitrogen and oxygen atoms in total. The van der Waals surface area contributed by atoms with E-state index in [2.05, 4.69) is 27.8 Å². The van der Waals surface area contributed by atoms with Gasteiger partial charge in [-0.25, -0.2) is 0 Å². The average molecular weight is 543 g/mol. The quantitative estimate of drug-likeness (QED) is 0.304. The summed E-state index contributed by atoms with van der Waals surface area (Å²) in [6.07, 6.45) is 0. The van der Waals surface area contributed by atoms with Crippen LogP contribution >= 0.6 is 15.9 Å². The van der Waals surface area contributed by atoms with Crippen molar-refractivity contribution in [1.29, 1.82) is 0 Å². The predicted octanol–water partition coefficient (Wildman–Crippen LogP) is 4.44. The van der Waals surface area contributed by atoms with Gasteiger partial charge in [-0.15, -0.1) is 5.69 Å². The van der Waals surface area contributed by atoms with Gasteiger partial charge in [0.2, 0.25) is 0 Å². The molecule has 0 aliphatic rings. The van der Waals surface area contributed by atoms with Crippen molar-refractivity contribution in [2.75, 3.05) is 0 Å². The largest absolute Gasteiger partial charge is 0.698 e. The molecule has 97 valence electrons. The minimum atomic E-state index is -0.501. The van der Waals surface area contributed by atoms with Crippen LogP contribution in [0.15, 0.2) is 46.9 Å². The van der Waals surface area contributed by atoms with Gasteiger partial charge in [-0.05, 0) is 12.1 Å². The first-order valence-corrected chi connectivity index (χ1v) is 6.14. The summed E-state index contributed by atoms with van der Waals surface area (Å²) in [4.78, 5) is 10.5. The molecule has 2 rings (SSSR count). The summed E-state index contributed by atoms with van der Waals surface area (Å²) in [5.41, 5.74) is 8.72. The van der Waals surface area contributed by atoms with E-state index >= 15 is 0 Å². The van der Waals surface area contributed by atoms with Gasteiger partial charge in [-0.3, -0.25) is 10.1 Å². The van der Waals surface area contributed by atoms with E-state index in [4.69, 9.17) is 5.73 Å². The molecular weight excluding hydrogens is 535 g/mol. The molecule has 0 aromatic heterocycles. The van der Waals surface area contributed by atoms with Gasteiger partial charge in [-0.2, -0.15) is 0 Å². The molecule has 0 atom stereocenters. The molecule has 1 N–H and O–H groups in total. The van der Waals surface area contributed by atoms with Gasteiger partial charge in [0, 0.05) is 60.2 Å². The van der Waals surface area contributed by atoms with Crippen molar-refractivity contribution in [3.05, 3.63) is 73.9 Å². The molecule has 0 fully saturated rings. The van der Waals surface area contributed by atoms with Gasteiger partial charge in [0.05, 0.1) is 4.92 Å². The number of benzene rings is 2. The predicted molar refractivity (Wildman–Crippen MR) is 77.2 cm³/mol. The molecule has 0 heterocycles. The summed E-state index contributed by atoms with van der Waals surface area (Å²) < 4.78 is 0.379. The monoisotopic (exact) mass is 542 g/mol. The zero-order valence-electron chi connectivity index (χ0n) is 10.3. The van der Waals surface area contributed by atoms with Crippen LogP contribution in [0, 0.1) is 66.0 Å². The molecule has 0 aliphatic carbocycles. The average Bonchev–Trinajstić information content (AvgIpc) is 2.40. The summed E-state index contributed by atoms with van der Waals surface area (Å²) >= 11 is 3.10. The Labute approximate surface area is 160 Å². The molecule has 2 aromatic carbocycles. The number of hydrogen-bond donors (Lipinski definition) is 0. The molecule has 0 bridgehead atoms. The number of rotatable bonds is 1. The Bertz CT molecular complexity index is 694. The molecule has 0 saturated carbocycles. The summed E-state index contributed by atoms with van der Waals surface area (Å²) in [5, 5.41) is 11.0. The standard InChI is InChI=1S/C14H8BrN2O2.Ac/c15-12-9-14(17(18)19)11(8-13(12)16)7-6-10-4-2-1-3-5-10;/h1-5,8-9,16H;/q-1;. The summed E-state index contributed by atoms with van der Waals surface area (Å²) in [5.74, 6) is 5.60. The maximum absolute atomic E-state index is 11.0. The number of hydrogen-bond acceptors (Lipinski definition) is 2. The Hall–Kier alpha value is -0.878. The molecule has 0 spiro atoms. The third kappa shape index (κ3) is 4.31. The molecule has 1 radical (unpaired) electrons. The first-order chi connectivity index (χ1) is 9.08. The van der Waals surface area contributed by atoms with Crippen LogP contribution in [0.3, 0.4) is 0 Å². The number of nitro benzene ring substituents is 1. The first kappa shape index (κ1) is 17.2. The Kier molecular flexibility index (Phi) is 6.69. The van der Waals surface area contributed by atoms with Gasteiger partial charge in [0.25, 0.3) is 5.69 Å². The Morgan fingerprint density at radius 3 is 2.40 bits per heavy atom. The maximum Gasteiger partial charge on any atom is 0.285 e. The third-order valence-corrected chi connectivity index (χ3v) is 3.05. The number of nitrogens with one attached hydrogen (secondary N) is 1. The molecule has 0 saturated heterocycles. The van der Waals surface area contributed by atoms with Crippen molar-refractivity contribution in [3.63, 3.8) is 0 Å². The topological polar surface area (TPSA) is 66.9 Å². The van der Waals surface area contributed by atoms with Crippen LogP contribution in [0.5, 0.6) is 0 Å². The Morgan fingerprint density at radius 1 is 1.15 bits per heavy atom. The molecule has 2 aromatic rings. The van der Waals surface area contributed by atoms with E-state index in [1.54, 1.807) is 0 Å². The number of halogens is 1. The normalized spacial score (nSPS) is 9.05. The first-order valence-electron chi connectivity index (χ1n) is 5.34. The van der Waals surface area contributed by atoms with E-state index < -0.39 is 4.92 Å². The van der Waals surface area contributed by atoms with E-state index in [0.29, 0.717) is 4.47 Å². The van der Waals surface area contributed by atoms with Crippen LogP contribution in [0.25, 0.3) is 5.73 Å².